The zero-order chi connectivity index (χ0) is 21.7. The van der Waals surface area contributed by atoms with E-state index in [1.165, 1.54) is 33.5 Å². The lowest BCUT2D eigenvalue weighted by Crippen LogP contribution is -2.31. The van der Waals surface area contributed by atoms with Crippen LogP contribution in [0.5, 0.6) is 17.2 Å². The maximum Gasteiger partial charge on any atom is 0.340 e. The zero-order valence-corrected chi connectivity index (χ0v) is 17.2. The van der Waals surface area contributed by atoms with Gasteiger partial charge < -0.3 is 24.3 Å². The van der Waals surface area contributed by atoms with Gasteiger partial charge in [0.15, 0.2) is 17.6 Å². The highest BCUT2D eigenvalue weighted by molar-refractivity contribution is 6.03. The number of hydrogen-bond acceptors (Lipinski definition) is 6. The molecule has 1 atom stereocenters. The predicted molar refractivity (Wildman–Crippen MR) is 114 cm³/mol. The molecule has 0 aliphatic heterocycles. The Hall–Kier alpha value is -3.74. The Morgan fingerprint density at radius 2 is 1.53 bits per heavy atom. The number of anilines is 1. The fraction of sp³-hybridized carbons (Fsp3) is 0.217. The molecule has 30 heavy (non-hydrogen) atoms. The molecule has 0 aliphatic rings. The Morgan fingerprint density at radius 3 is 2.23 bits per heavy atom. The summed E-state index contributed by atoms with van der Waals surface area (Å²) in [5.74, 6) is 0.254. The lowest BCUT2D eigenvalue weighted by molar-refractivity contribution is -0.122. The Bertz CT molecular complexity index is 1070. The van der Waals surface area contributed by atoms with E-state index < -0.39 is 18.0 Å². The Morgan fingerprint density at radius 1 is 0.867 bits per heavy atom. The van der Waals surface area contributed by atoms with Crippen LogP contribution in [0.25, 0.3) is 10.8 Å². The third-order valence-electron chi connectivity index (χ3n) is 4.61. The van der Waals surface area contributed by atoms with Gasteiger partial charge >= 0.3 is 5.97 Å². The van der Waals surface area contributed by atoms with Crippen LogP contribution in [-0.4, -0.2) is 39.3 Å². The summed E-state index contributed by atoms with van der Waals surface area (Å²) in [5, 5.41) is 4.63. The molecule has 0 heterocycles. The molecular weight excluding hydrogens is 386 g/mol. The molecule has 0 saturated heterocycles. The van der Waals surface area contributed by atoms with Gasteiger partial charge in [-0.25, -0.2) is 4.79 Å². The summed E-state index contributed by atoms with van der Waals surface area (Å²) in [6, 6.07) is 16.4. The van der Waals surface area contributed by atoms with E-state index >= 15 is 0 Å². The van der Waals surface area contributed by atoms with E-state index in [1.54, 1.807) is 6.92 Å². The van der Waals surface area contributed by atoms with Gasteiger partial charge in [0.05, 0.1) is 32.6 Å². The molecule has 3 rings (SSSR count). The van der Waals surface area contributed by atoms with E-state index in [4.69, 9.17) is 18.9 Å². The minimum Gasteiger partial charge on any atom is -0.493 e. The maximum atomic E-state index is 12.8. The first-order valence-electron chi connectivity index (χ1n) is 9.28. The third-order valence-corrected chi connectivity index (χ3v) is 4.61. The number of fused-ring (bicyclic) bond motifs is 1. The number of rotatable bonds is 7. The molecule has 0 aliphatic carbocycles. The van der Waals surface area contributed by atoms with Crippen LogP contribution in [0, 0.1) is 0 Å². The first kappa shape index (κ1) is 21.0. The average Bonchev–Trinajstić information content (AvgIpc) is 2.78. The topological polar surface area (TPSA) is 83.1 Å². The van der Waals surface area contributed by atoms with Crippen LogP contribution in [0.2, 0.25) is 0 Å². The number of carbonyl (C=O) groups excluding carboxylic acids is 2. The van der Waals surface area contributed by atoms with Crippen LogP contribution in [0.1, 0.15) is 17.3 Å². The molecule has 0 radical (unpaired) electrons. The molecule has 1 amide bonds. The van der Waals surface area contributed by atoms with E-state index in [9.17, 15) is 9.59 Å². The molecular formula is C23H23NO6. The molecule has 7 nitrogen and oxygen atoms in total. The first-order valence-corrected chi connectivity index (χ1v) is 9.28. The second kappa shape index (κ2) is 9.17. The van der Waals surface area contributed by atoms with E-state index in [0.29, 0.717) is 17.2 Å². The Labute approximate surface area is 174 Å². The van der Waals surface area contributed by atoms with Gasteiger partial charge in [-0.1, -0.05) is 36.4 Å². The number of hydrogen-bond donors (Lipinski definition) is 1. The summed E-state index contributed by atoms with van der Waals surface area (Å²) in [4.78, 5) is 25.0. The van der Waals surface area contributed by atoms with Crippen molar-refractivity contribution in [3.63, 3.8) is 0 Å². The van der Waals surface area contributed by atoms with Gasteiger partial charge in [-0.15, -0.1) is 0 Å². The minimum absolute atomic E-state index is 0.140. The molecule has 0 unspecified atom stereocenters. The molecule has 0 aromatic heterocycles. The zero-order valence-electron chi connectivity index (χ0n) is 17.2. The van der Waals surface area contributed by atoms with Crippen LogP contribution in [0.15, 0.2) is 54.6 Å². The van der Waals surface area contributed by atoms with Crippen molar-refractivity contribution in [1.29, 1.82) is 0 Å². The molecule has 1 N–H and O–H groups in total. The number of benzene rings is 3. The van der Waals surface area contributed by atoms with Crippen molar-refractivity contribution in [3.8, 4) is 17.2 Å². The number of carbonyl (C=O) groups is 2. The number of amides is 1. The summed E-state index contributed by atoms with van der Waals surface area (Å²) >= 11 is 0. The molecule has 156 valence electrons. The number of methoxy groups -OCH3 is 3. The number of nitrogens with one attached hydrogen (secondary N) is 1. The van der Waals surface area contributed by atoms with Gasteiger partial charge in [0.1, 0.15) is 5.75 Å². The molecule has 0 spiro atoms. The van der Waals surface area contributed by atoms with Gasteiger partial charge in [-0.2, -0.15) is 0 Å². The lowest BCUT2D eigenvalue weighted by Gasteiger charge is -2.18. The van der Waals surface area contributed by atoms with Crippen molar-refractivity contribution < 1.29 is 28.5 Å². The van der Waals surface area contributed by atoms with Crippen molar-refractivity contribution in [2.45, 2.75) is 13.0 Å². The SMILES string of the molecule is COC(=O)c1cc(OC)c(OC)cc1NC(=O)[C@H](C)Oc1cccc2ccccc12. The van der Waals surface area contributed by atoms with Crippen LogP contribution in [0.3, 0.4) is 0 Å². The fourth-order valence-corrected chi connectivity index (χ4v) is 3.04. The highest BCUT2D eigenvalue weighted by atomic mass is 16.5. The summed E-state index contributed by atoms with van der Waals surface area (Å²) in [6.07, 6.45) is -0.825. The van der Waals surface area contributed by atoms with Gasteiger partial charge in [0.25, 0.3) is 5.91 Å². The van der Waals surface area contributed by atoms with Gasteiger partial charge in [-0.3, -0.25) is 4.79 Å². The number of esters is 1. The van der Waals surface area contributed by atoms with Crippen LogP contribution in [0.4, 0.5) is 5.69 Å². The normalized spacial score (nSPS) is 11.5. The van der Waals surface area contributed by atoms with Crippen molar-refractivity contribution in [2.75, 3.05) is 26.6 Å². The quantitative estimate of drug-likeness (QED) is 0.593. The van der Waals surface area contributed by atoms with Crippen molar-refractivity contribution in [3.05, 3.63) is 60.2 Å². The molecule has 0 fully saturated rings. The van der Waals surface area contributed by atoms with Crippen molar-refractivity contribution in [1.82, 2.24) is 0 Å². The summed E-state index contributed by atoms with van der Waals surface area (Å²) in [6.45, 7) is 1.63. The standard InChI is InChI=1S/C23H23NO6/c1-14(30-19-11-7-9-15-8-5-6-10-16(15)19)22(25)24-18-13-21(28-3)20(27-2)12-17(18)23(26)29-4/h5-14H,1-4H3,(H,24,25)/t14-/m0/s1. The van der Waals surface area contributed by atoms with Crippen LogP contribution in [-0.2, 0) is 9.53 Å². The second-order valence-electron chi connectivity index (χ2n) is 6.47. The third kappa shape index (κ3) is 4.30. The van der Waals surface area contributed by atoms with Crippen LogP contribution >= 0.6 is 0 Å². The molecule has 3 aromatic rings. The first-order chi connectivity index (χ1) is 14.5. The van der Waals surface area contributed by atoms with E-state index in [1.807, 2.05) is 42.5 Å². The predicted octanol–water partition coefficient (Wildman–Crippen LogP) is 4.05. The monoisotopic (exact) mass is 409 g/mol. The maximum absolute atomic E-state index is 12.8. The molecule has 0 bridgehead atoms. The summed E-state index contributed by atoms with van der Waals surface area (Å²) in [5.41, 5.74) is 0.374. The highest BCUT2D eigenvalue weighted by Crippen LogP contribution is 2.34. The summed E-state index contributed by atoms with van der Waals surface area (Å²) < 4.78 is 21.2. The lowest BCUT2D eigenvalue weighted by atomic mass is 10.1. The second-order valence-corrected chi connectivity index (χ2v) is 6.47. The molecule has 3 aromatic carbocycles. The van der Waals surface area contributed by atoms with E-state index in [0.717, 1.165) is 10.8 Å². The smallest absolute Gasteiger partial charge is 0.340 e. The largest absolute Gasteiger partial charge is 0.493 e. The fourth-order valence-electron chi connectivity index (χ4n) is 3.04. The average molecular weight is 409 g/mol. The Kier molecular flexibility index (Phi) is 6.41. The molecule has 0 saturated carbocycles. The van der Waals surface area contributed by atoms with Gasteiger partial charge in [-0.05, 0) is 18.4 Å². The van der Waals surface area contributed by atoms with Crippen LogP contribution < -0.4 is 19.5 Å². The highest BCUT2D eigenvalue weighted by Gasteiger charge is 2.22. The van der Waals surface area contributed by atoms with E-state index in [-0.39, 0.29) is 11.3 Å². The van der Waals surface area contributed by atoms with Gasteiger partial charge in [0.2, 0.25) is 0 Å². The van der Waals surface area contributed by atoms with Crippen molar-refractivity contribution in [2.24, 2.45) is 0 Å². The van der Waals surface area contributed by atoms with Crippen molar-refractivity contribution >= 4 is 28.3 Å². The number of ether oxygens (including phenoxy) is 4. The summed E-state index contributed by atoms with van der Waals surface area (Å²) in [7, 11) is 4.18. The Balaban J connectivity index is 1.86. The van der Waals surface area contributed by atoms with Gasteiger partial charge in [0, 0.05) is 17.5 Å². The minimum atomic E-state index is -0.825. The van der Waals surface area contributed by atoms with E-state index in [2.05, 4.69) is 5.32 Å². The molecule has 7 heteroatoms.